The van der Waals surface area contributed by atoms with Gasteiger partial charge in [0.05, 0.1) is 6.10 Å². The van der Waals surface area contributed by atoms with Gasteiger partial charge in [0.25, 0.3) is 0 Å². The maximum absolute atomic E-state index is 13.0. The molecule has 0 aliphatic carbocycles. The van der Waals surface area contributed by atoms with Crippen molar-refractivity contribution in [1.82, 2.24) is 0 Å². The van der Waals surface area contributed by atoms with E-state index in [9.17, 15) is 4.39 Å². The first-order chi connectivity index (χ1) is 8.15. The Kier molecular flexibility index (Phi) is 4.13. The van der Waals surface area contributed by atoms with E-state index in [1.165, 1.54) is 6.07 Å². The lowest BCUT2D eigenvalue weighted by Crippen LogP contribution is -2.28. The zero-order chi connectivity index (χ0) is 12.3. The molecule has 1 aliphatic heterocycles. The van der Waals surface area contributed by atoms with E-state index in [2.05, 4.69) is 0 Å². The van der Waals surface area contributed by atoms with Gasteiger partial charge in [0.1, 0.15) is 5.82 Å². The van der Waals surface area contributed by atoms with Crippen LogP contribution in [0, 0.1) is 12.7 Å². The van der Waals surface area contributed by atoms with Crippen LogP contribution < -0.4 is 5.73 Å². The standard InChI is InChI=1S/C14H20FNO/c1-10-7-12(15)5-4-11(10)8-13(16)9-14-3-2-6-17-14/h4-5,7,13-14H,2-3,6,8-9,16H2,1H3. The van der Waals surface area contributed by atoms with Crippen LogP contribution in [-0.2, 0) is 11.2 Å². The van der Waals surface area contributed by atoms with Gasteiger partial charge in [-0.05, 0) is 55.9 Å². The van der Waals surface area contributed by atoms with Crippen LogP contribution in [0.3, 0.4) is 0 Å². The molecule has 17 heavy (non-hydrogen) atoms. The smallest absolute Gasteiger partial charge is 0.123 e. The molecule has 3 heteroatoms. The third-order valence-electron chi connectivity index (χ3n) is 3.38. The van der Waals surface area contributed by atoms with Crippen molar-refractivity contribution in [2.24, 2.45) is 5.73 Å². The minimum atomic E-state index is -0.182. The Labute approximate surface area is 102 Å². The zero-order valence-electron chi connectivity index (χ0n) is 10.3. The van der Waals surface area contributed by atoms with E-state index in [1.807, 2.05) is 13.0 Å². The summed E-state index contributed by atoms with van der Waals surface area (Å²) in [6.07, 6.45) is 4.29. The molecule has 1 aromatic carbocycles. The second-order valence-corrected chi connectivity index (χ2v) is 4.91. The van der Waals surface area contributed by atoms with Crippen LogP contribution in [0.5, 0.6) is 0 Å². The Morgan fingerprint density at radius 1 is 1.53 bits per heavy atom. The molecule has 0 bridgehead atoms. The molecule has 1 aliphatic rings. The summed E-state index contributed by atoms with van der Waals surface area (Å²) in [7, 11) is 0. The van der Waals surface area contributed by atoms with Crippen LogP contribution in [0.4, 0.5) is 4.39 Å². The van der Waals surface area contributed by atoms with Crippen molar-refractivity contribution in [2.45, 2.75) is 44.8 Å². The molecule has 0 aromatic heterocycles. The van der Waals surface area contributed by atoms with Gasteiger partial charge in [0.2, 0.25) is 0 Å². The lowest BCUT2D eigenvalue weighted by Gasteiger charge is -2.17. The lowest BCUT2D eigenvalue weighted by atomic mass is 9.97. The summed E-state index contributed by atoms with van der Waals surface area (Å²) in [5.74, 6) is -0.182. The Bertz CT molecular complexity index is 374. The van der Waals surface area contributed by atoms with E-state index in [4.69, 9.17) is 10.5 Å². The number of ether oxygens (including phenoxy) is 1. The van der Waals surface area contributed by atoms with Gasteiger partial charge in [0, 0.05) is 12.6 Å². The number of hydrogen-bond donors (Lipinski definition) is 1. The molecule has 1 saturated heterocycles. The second-order valence-electron chi connectivity index (χ2n) is 4.91. The van der Waals surface area contributed by atoms with Crippen LogP contribution in [-0.4, -0.2) is 18.8 Å². The first-order valence-electron chi connectivity index (χ1n) is 6.27. The topological polar surface area (TPSA) is 35.2 Å². The van der Waals surface area contributed by atoms with Crippen LogP contribution in [0.1, 0.15) is 30.4 Å². The molecular weight excluding hydrogens is 217 g/mol. The van der Waals surface area contributed by atoms with Crippen LogP contribution in [0.15, 0.2) is 18.2 Å². The molecule has 0 spiro atoms. The molecule has 2 nitrogen and oxygen atoms in total. The first-order valence-corrected chi connectivity index (χ1v) is 6.27. The number of nitrogens with two attached hydrogens (primary N) is 1. The monoisotopic (exact) mass is 237 g/mol. The highest BCUT2D eigenvalue weighted by Gasteiger charge is 2.19. The van der Waals surface area contributed by atoms with E-state index in [0.29, 0.717) is 6.10 Å². The summed E-state index contributed by atoms with van der Waals surface area (Å²) in [5.41, 5.74) is 8.23. The minimum Gasteiger partial charge on any atom is -0.378 e. The van der Waals surface area contributed by atoms with E-state index >= 15 is 0 Å². The van der Waals surface area contributed by atoms with E-state index < -0.39 is 0 Å². The fraction of sp³-hybridized carbons (Fsp3) is 0.571. The van der Waals surface area contributed by atoms with Gasteiger partial charge in [-0.2, -0.15) is 0 Å². The lowest BCUT2D eigenvalue weighted by molar-refractivity contribution is 0.0983. The zero-order valence-corrected chi connectivity index (χ0v) is 10.3. The van der Waals surface area contributed by atoms with Gasteiger partial charge in [-0.15, -0.1) is 0 Å². The highest BCUT2D eigenvalue weighted by Crippen LogP contribution is 2.19. The van der Waals surface area contributed by atoms with E-state index in [-0.39, 0.29) is 11.9 Å². The molecule has 2 rings (SSSR count). The largest absolute Gasteiger partial charge is 0.378 e. The van der Waals surface area contributed by atoms with Crippen molar-refractivity contribution in [3.8, 4) is 0 Å². The van der Waals surface area contributed by atoms with Crippen molar-refractivity contribution < 1.29 is 9.13 Å². The number of aryl methyl sites for hydroxylation is 1. The van der Waals surface area contributed by atoms with Gasteiger partial charge in [-0.25, -0.2) is 4.39 Å². The first kappa shape index (κ1) is 12.5. The SMILES string of the molecule is Cc1cc(F)ccc1CC(N)CC1CCCO1. The number of halogens is 1. The minimum absolute atomic E-state index is 0.0993. The molecule has 1 fully saturated rings. The van der Waals surface area contributed by atoms with Gasteiger partial charge < -0.3 is 10.5 Å². The summed E-state index contributed by atoms with van der Waals surface area (Å²) >= 11 is 0. The van der Waals surface area contributed by atoms with Crippen LogP contribution in [0.2, 0.25) is 0 Å². The van der Waals surface area contributed by atoms with Crippen molar-refractivity contribution in [2.75, 3.05) is 6.61 Å². The molecule has 2 atom stereocenters. The molecule has 2 N–H and O–H groups in total. The van der Waals surface area contributed by atoms with Gasteiger partial charge >= 0.3 is 0 Å². The fourth-order valence-corrected chi connectivity index (χ4v) is 2.42. The molecular formula is C14H20FNO. The quantitative estimate of drug-likeness (QED) is 0.873. The predicted octanol–water partition coefficient (Wildman–Crippen LogP) is 2.57. The van der Waals surface area contributed by atoms with Gasteiger partial charge in [0.15, 0.2) is 0 Å². The second kappa shape index (κ2) is 5.61. The maximum atomic E-state index is 13.0. The van der Waals surface area contributed by atoms with Crippen LogP contribution in [0.25, 0.3) is 0 Å². The molecule has 1 heterocycles. The molecule has 0 saturated carbocycles. The average molecular weight is 237 g/mol. The summed E-state index contributed by atoms with van der Waals surface area (Å²) in [5, 5.41) is 0. The van der Waals surface area contributed by atoms with E-state index in [0.717, 1.165) is 43.4 Å². The fourth-order valence-electron chi connectivity index (χ4n) is 2.42. The van der Waals surface area contributed by atoms with Crippen molar-refractivity contribution in [3.05, 3.63) is 35.1 Å². The van der Waals surface area contributed by atoms with Gasteiger partial charge in [-0.1, -0.05) is 6.07 Å². The molecule has 2 unspecified atom stereocenters. The van der Waals surface area contributed by atoms with E-state index in [1.54, 1.807) is 6.07 Å². The maximum Gasteiger partial charge on any atom is 0.123 e. The third-order valence-corrected chi connectivity index (χ3v) is 3.38. The Hall–Kier alpha value is -0.930. The van der Waals surface area contributed by atoms with Crippen LogP contribution >= 0.6 is 0 Å². The highest BCUT2D eigenvalue weighted by molar-refractivity contribution is 5.27. The third kappa shape index (κ3) is 3.51. The molecule has 94 valence electrons. The van der Waals surface area contributed by atoms with Crippen molar-refractivity contribution >= 4 is 0 Å². The Balaban J connectivity index is 1.90. The summed E-state index contributed by atoms with van der Waals surface area (Å²) in [4.78, 5) is 0. The Morgan fingerprint density at radius 2 is 2.35 bits per heavy atom. The normalized spacial score (nSPS) is 21.7. The average Bonchev–Trinajstić information content (AvgIpc) is 2.75. The Morgan fingerprint density at radius 3 is 3.00 bits per heavy atom. The number of rotatable bonds is 4. The molecule has 1 aromatic rings. The molecule has 0 radical (unpaired) electrons. The molecule has 0 amide bonds. The number of hydrogen-bond acceptors (Lipinski definition) is 2. The summed E-state index contributed by atoms with van der Waals surface area (Å²) < 4.78 is 18.5. The van der Waals surface area contributed by atoms with Crippen molar-refractivity contribution in [1.29, 1.82) is 0 Å². The predicted molar refractivity (Wildman–Crippen MR) is 66.4 cm³/mol. The number of benzene rings is 1. The summed E-state index contributed by atoms with van der Waals surface area (Å²) in [6.45, 7) is 2.80. The highest BCUT2D eigenvalue weighted by atomic mass is 19.1. The van der Waals surface area contributed by atoms with Crippen molar-refractivity contribution in [3.63, 3.8) is 0 Å². The summed E-state index contributed by atoms with van der Waals surface area (Å²) in [6, 6.07) is 5.00. The van der Waals surface area contributed by atoms with Gasteiger partial charge in [-0.3, -0.25) is 0 Å².